The average molecular weight is 595 g/mol. The van der Waals surface area contributed by atoms with E-state index < -0.39 is 23.7 Å². The molecule has 14 heteroatoms. The van der Waals surface area contributed by atoms with Crippen molar-refractivity contribution in [3.8, 4) is 0 Å². The lowest BCUT2D eigenvalue weighted by Crippen LogP contribution is -2.59. The monoisotopic (exact) mass is 594 g/mol. The lowest BCUT2D eigenvalue weighted by molar-refractivity contribution is -0.138. The van der Waals surface area contributed by atoms with E-state index in [1.807, 2.05) is 18.4 Å². The van der Waals surface area contributed by atoms with Gasteiger partial charge in [-0.2, -0.15) is 23.1 Å². The number of nitrogens with zero attached hydrogens (tertiary/aromatic N) is 6. The molecule has 3 aromatic rings. The number of hydrogen-bond donors (Lipinski definition) is 2. The zero-order chi connectivity index (χ0) is 29.8. The Bertz CT molecular complexity index is 1400. The summed E-state index contributed by atoms with van der Waals surface area (Å²) in [6.07, 6.45) is -1.27. The van der Waals surface area contributed by atoms with Crippen molar-refractivity contribution in [1.82, 2.24) is 24.4 Å². The SMILES string of the molecule is C[C@@H]1CN(c2nc(NN)nc3c2ncn3C[C@@H]2CCCO2)[C@@H](C)CN1C(c1ccc(C(F)(F)F)cc1)C1CC(F)(F)C1. The van der Waals surface area contributed by atoms with Gasteiger partial charge in [-0.15, -0.1) is 0 Å². The van der Waals surface area contributed by atoms with Crippen molar-refractivity contribution < 1.29 is 26.7 Å². The summed E-state index contributed by atoms with van der Waals surface area (Å²) in [7, 11) is 0. The molecule has 1 aliphatic carbocycles. The fraction of sp³-hybridized carbons (Fsp3) is 0.607. The number of rotatable bonds is 7. The second-order valence-electron chi connectivity index (χ2n) is 11.9. The van der Waals surface area contributed by atoms with E-state index in [0.29, 0.717) is 42.2 Å². The quantitative estimate of drug-likeness (QED) is 0.224. The molecule has 42 heavy (non-hydrogen) atoms. The van der Waals surface area contributed by atoms with Gasteiger partial charge in [0.25, 0.3) is 0 Å². The van der Waals surface area contributed by atoms with E-state index >= 15 is 0 Å². The molecule has 4 heterocycles. The van der Waals surface area contributed by atoms with Crippen LogP contribution in [-0.4, -0.2) is 68.2 Å². The molecule has 6 rings (SSSR count). The van der Waals surface area contributed by atoms with Gasteiger partial charge in [-0.05, 0) is 50.3 Å². The zero-order valence-corrected chi connectivity index (χ0v) is 23.5. The van der Waals surface area contributed by atoms with Crippen molar-refractivity contribution in [2.75, 3.05) is 30.0 Å². The summed E-state index contributed by atoms with van der Waals surface area (Å²) >= 11 is 0. The third kappa shape index (κ3) is 5.51. The van der Waals surface area contributed by atoms with Crippen LogP contribution >= 0.6 is 0 Å². The van der Waals surface area contributed by atoms with Gasteiger partial charge in [-0.1, -0.05) is 12.1 Å². The number of hydrogen-bond acceptors (Lipinski definition) is 8. The van der Waals surface area contributed by atoms with Crippen molar-refractivity contribution in [1.29, 1.82) is 0 Å². The number of fused-ring (bicyclic) bond motifs is 1. The van der Waals surface area contributed by atoms with Crippen LogP contribution in [-0.2, 0) is 17.5 Å². The number of anilines is 2. The first-order valence-corrected chi connectivity index (χ1v) is 14.3. The van der Waals surface area contributed by atoms with Crippen LogP contribution in [0.15, 0.2) is 30.6 Å². The molecule has 0 spiro atoms. The van der Waals surface area contributed by atoms with Crippen LogP contribution in [0.3, 0.4) is 0 Å². The Balaban J connectivity index is 1.29. The number of benzene rings is 1. The highest BCUT2D eigenvalue weighted by atomic mass is 19.4. The standard InChI is InChI=1S/C28H35F5N8O/c1-16-13-41(25-22-24(36-26(37-25)38-34)39(15-35-22)14-21-4-3-9-42-21)17(2)12-40(16)23(19-10-27(29,30)11-19)18-5-7-20(8-6-18)28(31,32)33/h5-8,15-17,19,21,23H,3-4,9-14,34H2,1-2H3,(H,36,37,38)/t16-,17+,21+,23?/m1/s1. The van der Waals surface area contributed by atoms with Crippen LogP contribution in [0.25, 0.3) is 11.2 Å². The Labute approximate surface area is 240 Å². The molecule has 3 aliphatic rings. The fourth-order valence-corrected chi connectivity index (χ4v) is 6.71. The molecule has 2 aromatic heterocycles. The molecule has 228 valence electrons. The van der Waals surface area contributed by atoms with Crippen molar-refractivity contribution >= 4 is 22.9 Å². The number of nitrogen functional groups attached to an aromatic ring is 1. The van der Waals surface area contributed by atoms with Crippen molar-refractivity contribution in [2.45, 2.75) is 82.4 Å². The van der Waals surface area contributed by atoms with E-state index in [0.717, 1.165) is 31.6 Å². The van der Waals surface area contributed by atoms with Crippen LogP contribution in [0.1, 0.15) is 56.7 Å². The van der Waals surface area contributed by atoms with Gasteiger partial charge in [0, 0.05) is 50.7 Å². The maximum atomic E-state index is 14.0. The maximum absolute atomic E-state index is 14.0. The summed E-state index contributed by atoms with van der Waals surface area (Å²) < 4.78 is 75.6. The first-order valence-electron chi connectivity index (χ1n) is 14.3. The first-order chi connectivity index (χ1) is 19.9. The molecular weight excluding hydrogens is 559 g/mol. The molecule has 1 aromatic carbocycles. The maximum Gasteiger partial charge on any atom is 0.416 e. The summed E-state index contributed by atoms with van der Waals surface area (Å²) in [5.74, 6) is 3.46. The van der Waals surface area contributed by atoms with Gasteiger partial charge in [-0.3, -0.25) is 10.3 Å². The molecule has 0 radical (unpaired) electrons. The molecule has 2 aliphatic heterocycles. The van der Waals surface area contributed by atoms with Gasteiger partial charge in [0.15, 0.2) is 17.0 Å². The highest BCUT2D eigenvalue weighted by molar-refractivity contribution is 5.85. The fourth-order valence-electron chi connectivity index (χ4n) is 6.71. The third-order valence-corrected chi connectivity index (χ3v) is 8.81. The predicted octanol–water partition coefficient (Wildman–Crippen LogP) is 5.00. The minimum atomic E-state index is -4.47. The number of piperazine rings is 1. The van der Waals surface area contributed by atoms with E-state index in [4.69, 9.17) is 10.6 Å². The highest BCUT2D eigenvalue weighted by Gasteiger charge is 2.51. The van der Waals surface area contributed by atoms with E-state index in [1.165, 1.54) is 12.1 Å². The summed E-state index contributed by atoms with van der Waals surface area (Å²) in [5, 5.41) is 0. The van der Waals surface area contributed by atoms with Gasteiger partial charge in [0.05, 0.1) is 24.5 Å². The number of aromatic nitrogens is 4. The minimum Gasteiger partial charge on any atom is -0.376 e. The largest absolute Gasteiger partial charge is 0.416 e. The molecule has 0 bridgehead atoms. The van der Waals surface area contributed by atoms with Crippen molar-refractivity contribution in [3.63, 3.8) is 0 Å². The number of halogens is 5. The first kappa shape index (κ1) is 29.0. The lowest BCUT2D eigenvalue weighted by atomic mass is 9.73. The number of nitrogens with two attached hydrogens (primary N) is 1. The van der Waals surface area contributed by atoms with Crippen LogP contribution < -0.4 is 16.2 Å². The summed E-state index contributed by atoms with van der Waals surface area (Å²) in [6, 6.07) is 4.25. The Hall–Kier alpha value is -3.10. The van der Waals surface area contributed by atoms with E-state index in [-0.39, 0.29) is 42.9 Å². The topological polar surface area (TPSA) is 97.4 Å². The van der Waals surface area contributed by atoms with Crippen LogP contribution in [0.4, 0.5) is 33.7 Å². The second kappa shape index (κ2) is 10.9. The molecule has 9 nitrogen and oxygen atoms in total. The summed E-state index contributed by atoms with van der Waals surface area (Å²) in [6.45, 7) is 6.35. The van der Waals surface area contributed by atoms with E-state index in [9.17, 15) is 22.0 Å². The Morgan fingerprint density at radius 3 is 2.45 bits per heavy atom. The van der Waals surface area contributed by atoms with Crippen molar-refractivity contribution in [2.24, 2.45) is 11.8 Å². The number of nitrogens with one attached hydrogen (secondary N) is 1. The van der Waals surface area contributed by atoms with Gasteiger partial charge < -0.3 is 14.2 Å². The minimum absolute atomic E-state index is 0.0820. The van der Waals surface area contributed by atoms with Crippen LogP contribution in [0.5, 0.6) is 0 Å². The normalized spacial score (nSPS) is 26.0. The number of imidazole rings is 1. The summed E-state index contributed by atoms with van der Waals surface area (Å²) in [4.78, 5) is 18.2. The molecular formula is C28H35F5N8O. The summed E-state index contributed by atoms with van der Waals surface area (Å²) in [5.41, 5.74) is 3.66. The number of alkyl halides is 5. The van der Waals surface area contributed by atoms with Gasteiger partial charge >= 0.3 is 6.18 Å². The second-order valence-corrected chi connectivity index (χ2v) is 11.9. The van der Waals surface area contributed by atoms with Crippen molar-refractivity contribution in [3.05, 3.63) is 41.7 Å². The predicted molar refractivity (Wildman–Crippen MR) is 147 cm³/mol. The average Bonchev–Trinajstić information content (AvgIpc) is 3.59. The molecule has 2 saturated heterocycles. The Morgan fingerprint density at radius 1 is 1.10 bits per heavy atom. The Kier molecular flexibility index (Phi) is 7.50. The molecule has 1 saturated carbocycles. The molecule has 4 atom stereocenters. The van der Waals surface area contributed by atoms with Crippen LogP contribution in [0.2, 0.25) is 0 Å². The number of ether oxygens (including phenoxy) is 1. The zero-order valence-electron chi connectivity index (χ0n) is 23.5. The van der Waals surface area contributed by atoms with Gasteiger partial charge in [-0.25, -0.2) is 19.6 Å². The van der Waals surface area contributed by atoms with Gasteiger partial charge in [0.2, 0.25) is 11.9 Å². The molecule has 0 amide bonds. The smallest absolute Gasteiger partial charge is 0.376 e. The highest BCUT2D eigenvalue weighted by Crippen LogP contribution is 2.51. The number of hydrazine groups is 1. The molecule has 3 fully saturated rings. The Morgan fingerprint density at radius 2 is 1.83 bits per heavy atom. The molecule has 3 N–H and O–H groups in total. The van der Waals surface area contributed by atoms with E-state index in [2.05, 4.69) is 30.2 Å². The molecule has 1 unspecified atom stereocenters. The lowest BCUT2D eigenvalue weighted by Gasteiger charge is -2.52. The third-order valence-electron chi connectivity index (χ3n) is 8.81. The van der Waals surface area contributed by atoms with Gasteiger partial charge in [0.1, 0.15) is 0 Å². The van der Waals surface area contributed by atoms with Crippen LogP contribution in [0, 0.1) is 5.92 Å². The van der Waals surface area contributed by atoms with E-state index in [1.54, 1.807) is 6.33 Å².